The third-order valence-electron chi connectivity index (χ3n) is 3.53. The quantitative estimate of drug-likeness (QED) is 0.751. The second kappa shape index (κ2) is 5.29. The van der Waals surface area contributed by atoms with E-state index in [4.69, 9.17) is 0 Å². The first-order chi connectivity index (χ1) is 9.75. The van der Waals surface area contributed by atoms with Crippen LogP contribution < -0.4 is 10.2 Å². The van der Waals surface area contributed by atoms with Gasteiger partial charge in [0.05, 0.1) is 16.9 Å². The zero-order chi connectivity index (χ0) is 13.9. The minimum Gasteiger partial charge on any atom is -0.379 e. The summed E-state index contributed by atoms with van der Waals surface area (Å²) in [5.74, 6) is 0. The highest BCUT2D eigenvalue weighted by Gasteiger charge is 2.05. The van der Waals surface area contributed by atoms with E-state index in [1.807, 2.05) is 6.20 Å². The molecule has 0 amide bonds. The lowest BCUT2D eigenvalue weighted by atomic mass is 10.1. The number of aromatic amines is 1. The Bertz CT molecular complexity index is 713. The van der Waals surface area contributed by atoms with Gasteiger partial charge < -0.3 is 15.2 Å². The third kappa shape index (κ3) is 2.35. The molecule has 0 radical (unpaired) electrons. The Kier molecular flexibility index (Phi) is 3.33. The van der Waals surface area contributed by atoms with E-state index in [-0.39, 0.29) is 0 Å². The average Bonchev–Trinajstić information content (AvgIpc) is 2.94. The van der Waals surface area contributed by atoms with Crippen molar-refractivity contribution in [3.63, 3.8) is 0 Å². The number of hydrogen-bond acceptors (Lipinski definition) is 2. The maximum absolute atomic E-state index is 3.53. The molecular formula is C17H19N3. The predicted octanol–water partition coefficient (Wildman–Crippen LogP) is 3.85. The molecule has 0 atom stereocenters. The standard InChI is InChI=1S/C17H19N3/c1-20(2)16-9-4-3-8-15(16)19-12-14-7-5-6-13-10-11-18-17(13)14/h3-11,18-19H,12H2,1-2H3. The fourth-order valence-corrected chi connectivity index (χ4v) is 2.50. The zero-order valence-electron chi connectivity index (χ0n) is 11.9. The molecule has 0 unspecified atom stereocenters. The Morgan fingerprint density at radius 2 is 1.85 bits per heavy atom. The SMILES string of the molecule is CN(C)c1ccccc1NCc1cccc2cc[nH]c12. The van der Waals surface area contributed by atoms with Crippen LogP contribution in [0.1, 0.15) is 5.56 Å². The lowest BCUT2D eigenvalue weighted by Gasteiger charge is -2.18. The fourth-order valence-electron chi connectivity index (χ4n) is 2.50. The Morgan fingerprint density at radius 3 is 2.70 bits per heavy atom. The molecule has 0 aliphatic rings. The largest absolute Gasteiger partial charge is 0.379 e. The van der Waals surface area contributed by atoms with Gasteiger partial charge in [-0.2, -0.15) is 0 Å². The van der Waals surface area contributed by atoms with Crippen LogP contribution in [0.5, 0.6) is 0 Å². The molecule has 20 heavy (non-hydrogen) atoms. The first kappa shape index (κ1) is 12.6. The van der Waals surface area contributed by atoms with E-state index in [0.29, 0.717) is 0 Å². The first-order valence-electron chi connectivity index (χ1n) is 6.81. The molecule has 3 nitrogen and oxygen atoms in total. The maximum atomic E-state index is 3.53. The second-order valence-corrected chi connectivity index (χ2v) is 5.12. The number of nitrogens with one attached hydrogen (secondary N) is 2. The molecule has 0 saturated heterocycles. The monoisotopic (exact) mass is 265 g/mol. The van der Waals surface area contributed by atoms with Crippen molar-refractivity contribution in [2.24, 2.45) is 0 Å². The van der Waals surface area contributed by atoms with E-state index < -0.39 is 0 Å². The Morgan fingerprint density at radius 1 is 1.00 bits per heavy atom. The Labute approximate surface area is 119 Å². The van der Waals surface area contributed by atoms with Gasteiger partial charge in [-0.1, -0.05) is 30.3 Å². The summed E-state index contributed by atoms with van der Waals surface area (Å²) in [5.41, 5.74) is 4.84. The summed E-state index contributed by atoms with van der Waals surface area (Å²) in [7, 11) is 4.12. The number of H-pyrrole nitrogens is 1. The van der Waals surface area contributed by atoms with Gasteiger partial charge in [-0.15, -0.1) is 0 Å². The van der Waals surface area contributed by atoms with Gasteiger partial charge in [0.15, 0.2) is 0 Å². The molecule has 3 aromatic rings. The van der Waals surface area contributed by atoms with Gasteiger partial charge in [-0.05, 0) is 29.1 Å². The summed E-state index contributed by atoms with van der Waals surface area (Å²) >= 11 is 0. The molecule has 3 heteroatoms. The topological polar surface area (TPSA) is 31.1 Å². The van der Waals surface area contributed by atoms with Crippen LogP contribution in [0.4, 0.5) is 11.4 Å². The van der Waals surface area contributed by atoms with Crippen molar-refractivity contribution in [2.45, 2.75) is 6.54 Å². The number of aromatic nitrogens is 1. The first-order valence-corrected chi connectivity index (χ1v) is 6.81. The van der Waals surface area contributed by atoms with E-state index in [9.17, 15) is 0 Å². The molecule has 0 aliphatic carbocycles. The van der Waals surface area contributed by atoms with Crippen LogP contribution in [0.25, 0.3) is 10.9 Å². The summed E-state index contributed by atoms with van der Waals surface area (Å²) in [4.78, 5) is 5.43. The van der Waals surface area contributed by atoms with Crippen molar-refractivity contribution in [3.05, 3.63) is 60.3 Å². The lowest BCUT2D eigenvalue weighted by Crippen LogP contribution is -2.12. The summed E-state index contributed by atoms with van der Waals surface area (Å²) in [5, 5.41) is 4.79. The molecule has 0 fully saturated rings. The van der Waals surface area contributed by atoms with Crippen LogP contribution in [0.2, 0.25) is 0 Å². The van der Waals surface area contributed by atoms with Crippen LogP contribution >= 0.6 is 0 Å². The minimum absolute atomic E-state index is 0.808. The molecule has 0 spiro atoms. The van der Waals surface area contributed by atoms with Gasteiger partial charge >= 0.3 is 0 Å². The van der Waals surface area contributed by atoms with Crippen molar-refractivity contribution in [2.75, 3.05) is 24.3 Å². The van der Waals surface area contributed by atoms with Gasteiger partial charge in [0.2, 0.25) is 0 Å². The van der Waals surface area contributed by atoms with Crippen LogP contribution in [0.3, 0.4) is 0 Å². The molecule has 0 aliphatic heterocycles. The number of anilines is 2. The van der Waals surface area contributed by atoms with Crippen molar-refractivity contribution >= 4 is 22.3 Å². The highest BCUT2D eigenvalue weighted by molar-refractivity contribution is 5.83. The Balaban J connectivity index is 1.85. The van der Waals surface area contributed by atoms with E-state index in [2.05, 4.69) is 77.8 Å². The highest BCUT2D eigenvalue weighted by atomic mass is 15.1. The normalized spacial score (nSPS) is 10.7. The van der Waals surface area contributed by atoms with Gasteiger partial charge in [0.1, 0.15) is 0 Å². The molecule has 102 valence electrons. The zero-order valence-corrected chi connectivity index (χ0v) is 11.9. The van der Waals surface area contributed by atoms with Gasteiger partial charge in [-0.25, -0.2) is 0 Å². The summed E-state index contributed by atoms with van der Waals surface area (Å²) in [6.07, 6.45) is 1.99. The van der Waals surface area contributed by atoms with Crippen LogP contribution in [-0.2, 0) is 6.54 Å². The summed E-state index contributed by atoms with van der Waals surface area (Å²) in [6, 6.07) is 16.9. The maximum Gasteiger partial charge on any atom is 0.0596 e. The number of para-hydroxylation sites is 3. The molecular weight excluding hydrogens is 246 g/mol. The lowest BCUT2D eigenvalue weighted by molar-refractivity contribution is 1.10. The minimum atomic E-state index is 0.808. The molecule has 1 heterocycles. The van der Waals surface area contributed by atoms with Gasteiger partial charge in [0, 0.05) is 26.8 Å². The van der Waals surface area contributed by atoms with Crippen molar-refractivity contribution in [1.82, 2.24) is 4.98 Å². The molecule has 3 rings (SSSR count). The van der Waals surface area contributed by atoms with E-state index >= 15 is 0 Å². The summed E-state index contributed by atoms with van der Waals surface area (Å²) < 4.78 is 0. The molecule has 1 aromatic heterocycles. The van der Waals surface area contributed by atoms with Crippen molar-refractivity contribution in [1.29, 1.82) is 0 Å². The van der Waals surface area contributed by atoms with Crippen LogP contribution in [0, 0.1) is 0 Å². The summed E-state index contributed by atoms with van der Waals surface area (Å²) in [6.45, 7) is 0.808. The van der Waals surface area contributed by atoms with E-state index in [1.165, 1.54) is 22.2 Å². The number of fused-ring (bicyclic) bond motifs is 1. The highest BCUT2D eigenvalue weighted by Crippen LogP contribution is 2.25. The smallest absolute Gasteiger partial charge is 0.0596 e. The molecule has 0 saturated carbocycles. The number of rotatable bonds is 4. The van der Waals surface area contributed by atoms with Crippen molar-refractivity contribution in [3.8, 4) is 0 Å². The molecule has 2 aromatic carbocycles. The molecule has 0 bridgehead atoms. The average molecular weight is 265 g/mol. The van der Waals surface area contributed by atoms with Crippen LogP contribution in [0.15, 0.2) is 54.7 Å². The van der Waals surface area contributed by atoms with E-state index in [0.717, 1.165) is 12.2 Å². The number of nitrogens with zero attached hydrogens (tertiary/aromatic N) is 1. The predicted molar refractivity (Wildman–Crippen MR) is 86.4 cm³/mol. The van der Waals surface area contributed by atoms with Crippen molar-refractivity contribution < 1.29 is 0 Å². The third-order valence-corrected chi connectivity index (χ3v) is 3.53. The fraction of sp³-hybridized carbons (Fsp3) is 0.176. The molecule has 2 N–H and O–H groups in total. The van der Waals surface area contributed by atoms with Gasteiger partial charge in [0.25, 0.3) is 0 Å². The Hall–Kier alpha value is -2.42. The number of hydrogen-bond donors (Lipinski definition) is 2. The van der Waals surface area contributed by atoms with E-state index in [1.54, 1.807) is 0 Å². The second-order valence-electron chi connectivity index (χ2n) is 5.12. The van der Waals surface area contributed by atoms with Gasteiger partial charge in [-0.3, -0.25) is 0 Å². The van der Waals surface area contributed by atoms with Crippen LogP contribution in [-0.4, -0.2) is 19.1 Å². The number of benzene rings is 2.